The highest BCUT2D eigenvalue weighted by Crippen LogP contribution is 2.16. The van der Waals surface area contributed by atoms with E-state index in [1.807, 2.05) is 0 Å². The Kier molecular flexibility index (Phi) is 2.68. The summed E-state index contributed by atoms with van der Waals surface area (Å²) in [6.45, 7) is 1.01. The molecule has 2 rings (SSSR count). The summed E-state index contributed by atoms with van der Waals surface area (Å²) in [5.41, 5.74) is 0. The number of nitrogens with one attached hydrogen (secondary N) is 1. The van der Waals surface area contributed by atoms with E-state index < -0.39 is 0 Å². The number of hydrogen-bond donors (Lipinski definition) is 1. The van der Waals surface area contributed by atoms with Crippen LogP contribution in [0.1, 0.15) is 0 Å². The van der Waals surface area contributed by atoms with Crippen molar-refractivity contribution in [3.8, 4) is 0 Å². The zero-order valence-corrected chi connectivity index (χ0v) is 8.03. The van der Waals surface area contributed by atoms with Crippen molar-refractivity contribution in [2.24, 2.45) is 0 Å². The number of aromatic nitrogens is 2. The number of rotatable bonds is 3. The van der Waals surface area contributed by atoms with Gasteiger partial charge >= 0.3 is 6.09 Å². The summed E-state index contributed by atoms with van der Waals surface area (Å²) in [6.07, 6.45) is 2.91. The lowest BCUT2D eigenvalue weighted by Crippen LogP contribution is -2.18. The molecule has 1 fully saturated rings. The lowest BCUT2D eigenvalue weighted by atomic mass is 10.7. The Labute approximate surface area is 84.9 Å². The molecule has 0 aromatic carbocycles. The molecule has 1 aromatic rings. The molecule has 0 aliphatic carbocycles. The third-order valence-electron chi connectivity index (χ3n) is 1.54. The van der Waals surface area contributed by atoms with Gasteiger partial charge in [0.2, 0.25) is 5.95 Å². The first kappa shape index (κ1) is 9.07. The number of anilines is 1. The summed E-state index contributed by atoms with van der Waals surface area (Å²) in [5, 5.41) is 0. The molecular formula is C7H8N4O2S. The first-order valence-electron chi connectivity index (χ1n) is 4.00. The van der Waals surface area contributed by atoms with Gasteiger partial charge in [-0.3, -0.25) is 4.72 Å². The SMILES string of the molecule is O=C1OCCN1SNc1ncccn1. The molecule has 0 atom stereocenters. The Morgan fingerprint density at radius 3 is 2.93 bits per heavy atom. The van der Waals surface area contributed by atoms with Gasteiger partial charge in [-0.2, -0.15) is 0 Å². The largest absolute Gasteiger partial charge is 0.447 e. The monoisotopic (exact) mass is 212 g/mol. The van der Waals surface area contributed by atoms with Crippen molar-refractivity contribution in [3.05, 3.63) is 18.5 Å². The lowest BCUT2D eigenvalue weighted by Gasteiger charge is -2.10. The van der Waals surface area contributed by atoms with E-state index in [1.54, 1.807) is 18.5 Å². The molecule has 2 heterocycles. The first-order chi connectivity index (χ1) is 6.86. The van der Waals surface area contributed by atoms with Crippen LogP contribution in [-0.4, -0.2) is 33.5 Å². The van der Waals surface area contributed by atoms with E-state index in [4.69, 9.17) is 4.74 Å². The van der Waals surface area contributed by atoms with Crippen LogP contribution in [0.3, 0.4) is 0 Å². The first-order valence-corrected chi connectivity index (χ1v) is 4.78. The minimum atomic E-state index is -0.335. The molecule has 14 heavy (non-hydrogen) atoms. The van der Waals surface area contributed by atoms with Gasteiger partial charge in [0, 0.05) is 12.4 Å². The van der Waals surface area contributed by atoms with E-state index in [-0.39, 0.29) is 6.09 Å². The standard InChI is InChI=1S/C7H8N4O2S/c12-7-11(4-5-13-7)14-10-6-8-2-1-3-9-6/h1-3H,4-5H2,(H,8,9,10). The van der Waals surface area contributed by atoms with Crippen LogP contribution in [0.2, 0.25) is 0 Å². The molecule has 0 saturated carbocycles. The van der Waals surface area contributed by atoms with Gasteiger partial charge in [-0.1, -0.05) is 0 Å². The van der Waals surface area contributed by atoms with Gasteiger partial charge in [0.15, 0.2) is 0 Å². The third kappa shape index (κ3) is 2.05. The van der Waals surface area contributed by atoms with Crippen molar-refractivity contribution < 1.29 is 9.53 Å². The summed E-state index contributed by atoms with van der Waals surface area (Å²) in [4.78, 5) is 18.9. The van der Waals surface area contributed by atoms with Gasteiger partial charge in [0.1, 0.15) is 6.61 Å². The fraction of sp³-hybridized carbons (Fsp3) is 0.286. The maximum Gasteiger partial charge on any atom is 0.421 e. The molecule has 1 N–H and O–H groups in total. The molecule has 1 aliphatic rings. The van der Waals surface area contributed by atoms with Crippen molar-refractivity contribution in [2.45, 2.75) is 0 Å². The van der Waals surface area contributed by atoms with E-state index in [2.05, 4.69) is 14.7 Å². The Hall–Kier alpha value is -1.50. The van der Waals surface area contributed by atoms with Gasteiger partial charge in [-0.05, 0) is 6.07 Å². The molecule has 7 heteroatoms. The second-order valence-corrected chi connectivity index (χ2v) is 3.31. The summed E-state index contributed by atoms with van der Waals surface area (Å²) < 4.78 is 9.04. The summed E-state index contributed by atoms with van der Waals surface area (Å²) >= 11 is 1.13. The zero-order chi connectivity index (χ0) is 9.80. The second kappa shape index (κ2) is 4.14. The number of amides is 1. The van der Waals surface area contributed by atoms with Gasteiger partial charge in [0.05, 0.1) is 18.7 Å². The van der Waals surface area contributed by atoms with E-state index in [0.717, 1.165) is 12.1 Å². The van der Waals surface area contributed by atoms with Crippen LogP contribution in [0.15, 0.2) is 18.5 Å². The van der Waals surface area contributed by atoms with Crippen molar-refractivity contribution in [1.82, 2.24) is 14.3 Å². The van der Waals surface area contributed by atoms with Gasteiger partial charge in [-0.15, -0.1) is 0 Å². The number of nitrogens with zero attached hydrogens (tertiary/aromatic N) is 3. The molecule has 0 radical (unpaired) electrons. The number of carbonyl (C=O) groups is 1. The number of hydrogen-bond acceptors (Lipinski definition) is 6. The predicted octanol–water partition coefficient (Wildman–Crippen LogP) is 0.904. The zero-order valence-electron chi connectivity index (χ0n) is 7.21. The Morgan fingerprint density at radius 1 is 1.50 bits per heavy atom. The van der Waals surface area contributed by atoms with Crippen LogP contribution in [-0.2, 0) is 4.74 Å². The molecule has 1 saturated heterocycles. The molecule has 0 spiro atoms. The van der Waals surface area contributed by atoms with Crippen molar-refractivity contribution in [2.75, 3.05) is 17.9 Å². The van der Waals surface area contributed by atoms with E-state index in [1.165, 1.54) is 4.31 Å². The molecule has 0 unspecified atom stereocenters. The smallest absolute Gasteiger partial charge is 0.421 e. The molecule has 74 valence electrons. The minimum absolute atomic E-state index is 0.335. The average molecular weight is 212 g/mol. The van der Waals surface area contributed by atoms with Crippen molar-refractivity contribution in [1.29, 1.82) is 0 Å². The molecule has 6 nitrogen and oxygen atoms in total. The van der Waals surface area contributed by atoms with Crippen LogP contribution in [0.25, 0.3) is 0 Å². The molecule has 0 bridgehead atoms. The summed E-state index contributed by atoms with van der Waals surface area (Å²) in [7, 11) is 0. The Morgan fingerprint density at radius 2 is 2.29 bits per heavy atom. The quantitative estimate of drug-likeness (QED) is 0.751. The fourth-order valence-corrected chi connectivity index (χ4v) is 1.50. The second-order valence-electron chi connectivity index (χ2n) is 2.48. The number of carbonyl (C=O) groups excluding carboxylic acids is 1. The van der Waals surface area contributed by atoms with Crippen LogP contribution in [0.5, 0.6) is 0 Å². The highest BCUT2D eigenvalue weighted by atomic mass is 32.2. The topological polar surface area (TPSA) is 67.3 Å². The van der Waals surface area contributed by atoms with Crippen LogP contribution in [0.4, 0.5) is 10.7 Å². The Balaban J connectivity index is 1.85. The highest BCUT2D eigenvalue weighted by molar-refractivity contribution is 7.98. The number of ether oxygens (including phenoxy) is 1. The van der Waals surface area contributed by atoms with Gasteiger partial charge in [0.25, 0.3) is 0 Å². The normalized spacial score (nSPS) is 15.4. The number of cyclic esters (lactones) is 1. The molecule has 1 aliphatic heterocycles. The van der Waals surface area contributed by atoms with E-state index in [0.29, 0.717) is 19.1 Å². The van der Waals surface area contributed by atoms with Crippen LogP contribution >= 0.6 is 12.1 Å². The van der Waals surface area contributed by atoms with Crippen LogP contribution < -0.4 is 4.72 Å². The van der Waals surface area contributed by atoms with E-state index >= 15 is 0 Å². The maximum absolute atomic E-state index is 11.0. The average Bonchev–Trinajstić information content (AvgIpc) is 2.63. The fourth-order valence-electron chi connectivity index (χ4n) is 0.910. The highest BCUT2D eigenvalue weighted by Gasteiger charge is 2.22. The third-order valence-corrected chi connectivity index (χ3v) is 2.36. The van der Waals surface area contributed by atoms with Crippen molar-refractivity contribution in [3.63, 3.8) is 0 Å². The summed E-state index contributed by atoms with van der Waals surface area (Å²) in [6, 6.07) is 1.72. The maximum atomic E-state index is 11.0. The summed E-state index contributed by atoms with van der Waals surface area (Å²) in [5.74, 6) is 0.470. The predicted molar refractivity (Wildman–Crippen MR) is 51.3 cm³/mol. The van der Waals surface area contributed by atoms with Gasteiger partial charge < -0.3 is 4.74 Å². The molecular weight excluding hydrogens is 204 g/mol. The van der Waals surface area contributed by atoms with E-state index in [9.17, 15) is 4.79 Å². The lowest BCUT2D eigenvalue weighted by molar-refractivity contribution is 0.171. The van der Waals surface area contributed by atoms with Crippen LogP contribution in [0, 0.1) is 0 Å². The van der Waals surface area contributed by atoms with Crippen molar-refractivity contribution >= 4 is 24.2 Å². The minimum Gasteiger partial charge on any atom is -0.447 e. The van der Waals surface area contributed by atoms with Gasteiger partial charge in [-0.25, -0.2) is 19.1 Å². The molecule has 1 amide bonds. The Bertz CT molecular complexity index is 321. The molecule has 1 aromatic heterocycles.